The standard InChI is InChI=1S/C15H24N4O/c1-6-20-8-12-18-13-14(19(12)7-9(2)3)10(4)11(5)17-15(13)16/h9H,6-8H2,1-5H3,(H2,16,17). The van der Waals surface area contributed by atoms with Crippen molar-refractivity contribution in [3.63, 3.8) is 0 Å². The number of fused-ring (bicyclic) bond motifs is 1. The van der Waals surface area contributed by atoms with Crippen molar-refractivity contribution >= 4 is 16.9 Å². The predicted molar refractivity (Wildman–Crippen MR) is 81.6 cm³/mol. The first-order chi connectivity index (χ1) is 9.45. The van der Waals surface area contributed by atoms with Gasteiger partial charge in [0.1, 0.15) is 17.9 Å². The van der Waals surface area contributed by atoms with E-state index in [-0.39, 0.29) is 0 Å². The topological polar surface area (TPSA) is 66.0 Å². The average Bonchev–Trinajstić information content (AvgIpc) is 2.72. The highest BCUT2D eigenvalue weighted by Crippen LogP contribution is 2.27. The average molecular weight is 276 g/mol. The minimum absolute atomic E-state index is 0.503. The maximum atomic E-state index is 6.04. The fraction of sp³-hybridized carbons (Fsp3) is 0.600. The first-order valence-corrected chi connectivity index (χ1v) is 7.15. The van der Waals surface area contributed by atoms with Crippen LogP contribution in [0.5, 0.6) is 0 Å². The van der Waals surface area contributed by atoms with Gasteiger partial charge in [0.2, 0.25) is 0 Å². The van der Waals surface area contributed by atoms with Gasteiger partial charge < -0.3 is 15.0 Å². The predicted octanol–water partition coefficient (Wildman–Crippen LogP) is 2.82. The Balaban J connectivity index is 2.66. The van der Waals surface area contributed by atoms with Crippen LogP contribution in [-0.2, 0) is 17.9 Å². The highest BCUT2D eigenvalue weighted by Gasteiger charge is 2.18. The monoisotopic (exact) mass is 276 g/mol. The van der Waals surface area contributed by atoms with Crippen molar-refractivity contribution in [3.8, 4) is 0 Å². The molecule has 0 aliphatic carbocycles. The molecule has 2 heterocycles. The van der Waals surface area contributed by atoms with Crippen LogP contribution in [0.1, 0.15) is 37.9 Å². The second-order valence-corrected chi connectivity index (χ2v) is 5.57. The lowest BCUT2D eigenvalue weighted by Crippen LogP contribution is -2.11. The molecule has 0 saturated heterocycles. The lowest BCUT2D eigenvalue weighted by atomic mass is 10.1. The number of hydrogen-bond donors (Lipinski definition) is 1. The Morgan fingerprint density at radius 3 is 2.55 bits per heavy atom. The molecule has 2 N–H and O–H groups in total. The van der Waals surface area contributed by atoms with Crippen LogP contribution < -0.4 is 5.73 Å². The van der Waals surface area contributed by atoms with Crippen molar-refractivity contribution in [2.75, 3.05) is 12.3 Å². The van der Waals surface area contributed by atoms with Crippen molar-refractivity contribution < 1.29 is 4.74 Å². The Morgan fingerprint density at radius 1 is 1.25 bits per heavy atom. The third-order valence-corrected chi connectivity index (χ3v) is 3.46. The Morgan fingerprint density at radius 2 is 1.95 bits per heavy atom. The first kappa shape index (κ1) is 14.8. The van der Waals surface area contributed by atoms with Gasteiger partial charge in [-0.15, -0.1) is 0 Å². The molecule has 2 rings (SSSR count). The maximum absolute atomic E-state index is 6.04. The highest BCUT2D eigenvalue weighted by atomic mass is 16.5. The van der Waals surface area contributed by atoms with E-state index in [1.807, 2.05) is 13.8 Å². The molecule has 0 atom stereocenters. The van der Waals surface area contributed by atoms with Crippen LogP contribution in [0, 0.1) is 19.8 Å². The number of nitrogen functional groups attached to an aromatic ring is 1. The number of pyridine rings is 1. The molecule has 0 fully saturated rings. The van der Waals surface area contributed by atoms with Gasteiger partial charge in [0.05, 0.1) is 5.52 Å². The number of anilines is 1. The Labute approximate surface area is 120 Å². The van der Waals surface area contributed by atoms with Gasteiger partial charge in [-0.1, -0.05) is 13.8 Å². The summed E-state index contributed by atoms with van der Waals surface area (Å²) in [5.41, 5.74) is 10.0. The molecule has 0 spiro atoms. The largest absolute Gasteiger partial charge is 0.382 e. The molecule has 0 amide bonds. The molecule has 0 aliphatic rings. The first-order valence-electron chi connectivity index (χ1n) is 7.15. The lowest BCUT2D eigenvalue weighted by Gasteiger charge is -2.13. The fourth-order valence-electron chi connectivity index (χ4n) is 2.41. The fourth-order valence-corrected chi connectivity index (χ4v) is 2.41. The molecule has 20 heavy (non-hydrogen) atoms. The minimum Gasteiger partial charge on any atom is -0.382 e. The molecule has 0 bridgehead atoms. The molecule has 5 heteroatoms. The normalized spacial score (nSPS) is 11.7. The Kier molecular flexibility index (Phi) is 4.28. The van der Waals surface area contributed by atoms with E-state index in [0.29, 0.717) is 24.9 Å². The molecule has 2 aromatic heterocycles. The number of nitrogens with zero attached hydrogens (tertiary/aromatic N) is 3. The number of aromatic nitrogens is 3. The minimum atomic E-state index is 0.503. The summed E-state index contributed by atoms with van der Waals surface area (Å²) >= 11 is 0. The van der Waals surface area contributed by atoms with Crippen molar-refractivity contribution in [1.29, 1.82) is 0 Å². The number of nitrogens with two attached hydrogens (primary N) is 1. The van der Waals surface area contributed by atoms with Crippen molar-refractivity contribution in [2.45, 2.75) is 47.8 Å². The summed E-state index contributed by atoms with van der Waals surface area (Å²) in [6.07, 6.45) is 0. The van der Waals surface area contributed by atoms with Gasteiger partial charge in [0.15, 0.2) is 5.82 Å². The van der Waals surface area contributed by atoms with Gasteiger partial charge in [0.25, 0.3) is 0 Å². The molecule has 0 unspecified atom stereocenters. The van der Waals surface area contributed by atoms with E-state index >= 15 is 0 Å². The van der Waals surface area contributed by atoms with Crippen LogP contribution in [0.3, 0.4) is 0 Å². The zero-order valence-corrected chi connectivity index (χ0v) is 13.0. The molecule has 110 valence electrons. The van der Waals surface area contributed by atoms with Crippen LogP contribution in [0.2, 0.25) is 0 Å². The zero-order chi connectivity index (χ0) is 14.9. The summed E-state index contributed by atoms with van der Waals surface area (Å²) in [6, 6.07) is 0. The molecule has 0 aliphatic heterocycles. The zero-order valence-electron chi connectivity index (χ0n) is 13.0. The second-order valence-electron chi connectivity index (χ2n) is 5.57. The van der Waals surface area contributed by atoms with Crippen LogP contribution in [0.25, 0.3) is 11.0 Å². The van der Waals surface area contributed by atoms with E-state index in [1.54, 1.807) is 0 Å². The quantitative estimate of drug-likeness (QED) is 0.912. The maximum Gasteiger partial charge on any atom is 0.151 e. The number of aryl methyl sites for hydroxylation is 2. The molecular formula is C15H24N4O. The van der Waals surface area contributed by atoms with E-state index in [9.17, 15) is 0 Å². The molecule has 0 saturated carbocycles. The summed E-state index contributed by atoms with van der Waals surface area (Å²) in [4.78, 5) is 9.03. The summed E-state index contributed by atoms with van der Waals surface area (Å²) < 4.78 is 7.77. The molecule has 0 radical (unpaired) electrons. The SMILES string of the molecule is CCOCc1nc2c(N)nc(C)c(C)c2n1CC(C)C. The lowest BCUT2D eigenvalue weighted by molar-refractivity contribution is 0.125. The number of rotatable bonds is 5. The van der Waals surface area contributed by atoms with Crippen molar-refractivity contribution in [3.05, 3.63) is 17.1 Å². The summed E-state index contributed by atoms with van der Waals surface area (Å²) in [5, 5.41) is 0. The van der Waals surface area contributed by atoms with Gasteiger partial charge in [-0.25, -0.2) is 9.97 Å². The third kappa shape index (κ3) is 2.63. The second kappa shape index (κ2) is 5.79. The number of hydrogen-bond acceptors (Lipinski definition) is 4. The van der Waals surface area contributed by atoms with Crippen LogP contribution in [0.15, 0.2) is 0 Å². The van der Waals surface area contributed by atoms with Gasteiger partial charge in [-0.2, -0.15) is 0 Å². The third-order valence-electron chi connectivity index (χ3n) is 3.46. The molecule has 5 nitrogen and oxygen atoms in total. The Bertz CT molecular complexity index is 616. The van der Waals surface area contributed by atoms with E-state index < -0.39 is 0 Å². The van der Waals surface area contributed by atoms with E-state index in [0.717, 1.165) is 34.7 Å². The molecular weight excluding hydrogens is 252 g/mol. The van der Waals surface area contributed by atoms with Gasteiger partial charge in [-0.05, 0) is 32.3 Å². The highest BCUT2D eigenvalue weighted by molar-refractivity contribution is 5.88. The summed E-state index contributed by atoms with van der Waals surface area (Å²) in [6.45, 7) is 12.5. The summed E-state index contributed by atoms with van der Waals surface area (Å²) in [5.74, 6) is 1.96. The Hall–Kier alpha value is -1.62. The van der Waals surface area contributed by atoms with Crippen LogP contribution in [0.4, 0.5) is 5.82 Å². The number of ether oxygens (including phenoxy) is 1. The van der Waals surface area contributed by atoms with Gasteiger partial charge in [0, 0.05) is 18.8 Å². The van der Waals surface area contributed by atoms with Crippen LogP contribution >= 0.6 is 0 Å². The van der Waals surface area contributed by atoms with E-state index in [4.69, 9.17) is 10.5 Å². The molecule has 0 aromatic carbocycles. The number of imidazole rings is 1. The van der Waals surface area contributed by atoms with Crippen molar-refractivity contribution in [1.82, 2.24) is 14.5 Å². The van der Waals surface area contributed by atoms with E-state index in [1.165, 1.54) is 0 Å². The smallest absolute Gasteiger partial charge is 0.151 e. The van der Waals surface area contributed by atoms with E-state index in [2.05, 4.69) is 35.3 Å². The van der Waals surface area contributed by atoms with Gasteiger partial charge >= 0.3 is 0 Å². The van der Waals surface area contributed by atoms with Crippen LogP contribution in [-0.4, -0.2) is 21.1 Å². The summed E-state index contributed by atoms with van der Waals surface area (Å²) in [7, 11) is 0. The van der Waals surface area contributed by atoms with Gasteiger partial charge in [-0.3, -0.25) is 0 Å². The molecule has 2 aromatic rings. The van der Waals surface area contributed by atoms with Crippen molar-refractivity contribution in [2.24, 2.45) is 5.92 Å².